The number of amides is 2. The fourth-order valence-electron chi connectivity index (χ4n) is 8.45. The van der Waals surface area contributed by atoms with Gasteiger partial charge in [-0.1, -0.05) is 19.3 Å². The number of piperazine rings is 1. The number of nitrogens with zero attached hydrogens (tertiary/aromatic N) is 3. The van der Waals surface area contributed by atoms with Crippen LogP contribution in [0.5, 0.6) is 0 Å². The van der Waals surface area contributed by atoms with Gasteiger partial charge in [0.15, 0.2) is 0 Å². The largest absolute Gasteiger partial charge is 0.350 e. The van der Waals surface area contributed by atoms with Gasteiger partial charge < -0.3 is 31.5 Å². The van der Waals surface area contributed by atoms with Crippen LogP contribution in [0.15, 0.2) is 0 Å². The maximum absolute atomic E-state index is 15.6. The zero-order valence-corrected chi connectivity index (χ0v) is 27.7. The predicted molar refractivity (Wildman–Crippen MR) is 173 cm³/mol. The van der Waals surface area contributed by atoms with Gasteiger partial charge in [0, 0.05) is 69.2 Å². The van der Waals surface area contributed by atoms with Gasteiger partial charge in [0.25, 0.3) is 0 Å². The van der Waals surface area contributed by atoms with Crippen molar-refractivity contribution in [2.24, 2.45) is 23.5 Å². The highest BCUT2D eigenvalue weighted by Gasteiger charge is 2.43. The predicted octanol–water partition coefficient (Wildman–Crippen LogP) is 1.09. The summed E-state index contributed by atoms with van der Waals surface area (Å²) in [6.07, 6.45) is 7.81. The Bertz CT molecular complexity index is 928. The lowest BCUT2D eigenvalue weighted by molar-refractivity contribution is -0.139. The molecule has 5 aliphatic rings. The molecule has 6 N–H and O–H groups in total. The molecule has 4 heterocycles. The quantitative estimate of drug-likeness (QED) is 0.284. The van der Waals surface area contributed by atoms with Gasteiger partial charge in [-0.3, -0.25) is 19.8 Å². The molecule has 0 aromatic carbocycles. The lowest BCUT2D eigenvalue weighted by Gasteiger charge is -2.46. The number of rotatable bonds is 5. The van der Waals surface area contributed by atoms with E-state index in [1.54, 1.807) is 0 Å². The van der Waals surface area contributed by atoms with E-state index in [1.165, 1.54) is 32.1 Å². The Morgan fingerprint density at radius 3 is 2.32 bits per heavy atom. The van der Waals surface area contributed by atoms with Crippen LogP contribution in [0, 0.1) is 17.8 Å². The van der Waals surface area contributed by atoms with Crippen molar-refractivity contribution in [1.29, 1.82) is 0 Å². The zero-order chi connectivity index (χ0) is 31.2. The van der Waals surface area contributed by atoms with Crippen molar-refractivity contribution in [2.45, 2.75) is 107 Å². The molecule has 1 saturated carbocycles. The minimum atomic E-state index is -1.11. The number of carbonyl (C=O) groups is 2. The minimum Gasteiger partial charge on any atom is -0.350 e. The second-order valence-corrected chi connectivity index (χ2v) is 14.9. The number of likely N-dealkylation sites (N-methyl/N-ethyl adjacent to an activating group) is 1. The second kappa shape index (κ2) is 16.2. The maximum Gasteiger partial charge on any atom is 0.227 e. The monoisotopic (exact) mass is 640 g/mol. The molecule has 8 unspecified atom stereocenters. The second-order valence-electron chi connectivity index (χ2n) is 14.3. The van der Waals surface area contributed by atoms with Crippen molar-refractivity contribution >= 4 is 23.4 Å². The molecular formula is C32H58ClFN8O2. The van der Waals surface area contributed by atoms with Gasteiger partial charge in [-0.15, -0.1) is 11.6 Å². The van der Waals surface area contributed by atoms with Gasteiger partial charge in [0.1, 0.15) is 6.17 Å². The van der Waals surface area contributed by atoms with Gasteiger partial charge in [0.2, 0.25) is 11.8 Å². The lowest BCUT2D eigenvalue weighted by atomic mass is 9.81. The van der Waals surface area contributed by atoms with E-state index in [0.717, 1.165) is 51.9 Å². The number of nitrogens with one attached hydrogen (secondary N) is 4. The Balaban J connectivity index is 1.22. The molecule has 1 aliphatic carbocycles. The average molecular weight is 641 g/mol. The number of halogens is 2. The molecule has 0 aromatic rings. The summed E-state index contributed by atoms with van der Waals surface area (Å²) >= 11 is 6.71. The Hall–Kier alpha value is -1.08. The molecule has 0 bridgehead atoms. The van der Waals surface area contributed by atoms with E-state index in [0.29, 0.717) is 32.1 Å². The molecule has 252 valence electrons. The molecule has 12 heteroatoms. The third-order valence-corrected chi connectivity index (χ3v) is 11.6. The molecule has 8 atom stereocenters. The number of alkyl halides is 2. The van der Waals surface area contributed by atoms with Crippen molar-refractivity contribution in [3.63, 3.8) is 0 Å². The summed E-state index contributed by atoms with van der Waals surface area (Å²) in [4.78, 5) is 33.7. The average Bonchev–Trinajstić information content (AvgIpc) is 3.02. The van der Waals surface area contributed by atoms with Crippen molar-refractivity contribution in [3.8, 4) is 0 Å². The molecule has 44 heavy (non-hydrogen) atoms. The minimum absolute atomic E-state index is 0.00587. The normalized spacial score (nSPS) is 38.2. The number of hydrogen-bond acceptors (Lipinski definition) is 8. The van der Waals surface area contributed by atoms with Crippen LogP contribution in [0.25, 0.3) is 0 Å². The van der Waals surface area contributed by atoms with Crippen molar-refractivity contribution in [1.82, 2.24) is 36.0 Å². The molecule has 5 rings (SSSR count). The van der Waals surface area contributed by atoms with Crippen LogP contribution in [0.2, 0.25) is 0 Å². The van der Waals surface area contributed by atoms with Crippen LogP contribution in [-0.2, 0) is 9.59 Å². The third-order valence-electron chi connectivity index (χ3n) is 11.2. The number of likely N-dealkylation sites (tertiary alicyclic amines) is 1. The highest BCUT2D eigenvalue weighted by Crippen LogP contribution is 2.30. The van der Waals surface area contributed by atoms with E-state index in [4.69, 9.17) is 17.3 Å². The first-order chi connectivity index (χ1) is 21.2. The summed E-state index contributed by atoms with van der Waals surface area (Å²) in [5.41, 5.74) is 6.83. The van der Waals surface area contributed by atoms with Gasteiger partial charge in [-0.2, -0.15) is 0 Å². The van der Waals surface area contributed by atoms with Crippen molar-refractivity contribution in [2.75, 3.05) is 66.0 Å². The summed E-state index contributed by atoms with van der Waals surface area (Å²) < 4.78 is 15.6. The molecule has 2 amide bonds. The highest BCUT2D eigenvalue weighted by molar-refractivity contribution is 6.20. The molecule has 0 aromatic heterocycles. The van der Waals surface area contributed by atoms with Crippen LogP contribution in [-0.4, -0.2) is 134 Å². The van der Waals surface area contributed by atoms with Gasteiger partial charge >= 0.3 is 0 Å². The summed E-state index contributed by atoms with van der Waals surface area (Å²) in [6, 6.07) is -0.785. The van der Waals surface area contributed by atoms with Crippen LogP contribution in [0.4, 0.5) is 4.39 Å². The van der Waals surface area contributed by atoms with Crippen LogP contribution in [0.1, 0.15) is 64.7 Å². The van der Waals surface area contributed by atoms with E-state index in [9.17, 15) is 9.59 Å². The van der Waals surface area contributed by atoms with Crippen molar-refractivity contribution < 1.29 is 14.0 Å². The first kappa shape index (κ1) is 34.3. The van der Waals surface area contributed by atoms with E-state index >= 15 is 4.39 Å². The first-order valence-corrected chi connectivity index (χ1v) is 17.9. The zero-order valence-electron chi connectivity index (χ0n) is 27.0. The number of piperidine rings is 2. The van der Waals surface area contributed by atoms with Crippen LogP contribution in [0.3, 0.4) is 0 Å². The third kappa shape index (κ3) is 8.63. The van der Waals surface area contributed by atoms with Crippen molar-refractivity contribution in [3.05, 3.63) is 0 Å². The Kier molecular flexibility index (Phi) is 12.6. The summed E-state index contributed by atoms with van der Waals surface area (Å²) in [5, 5.41) is 13.6. The van der Waals surface area contributed by atoms with Gasteiger partial charge in [-0.25, -0.2) is 4.39 Å². The molecule has 4 aliphatic heterocycles. The van der Waals surface area contributed by atoms with Gasteiger partial charge in [0.05, 0.1) is 24.2 Å². The Labute approximate surface area is 269 Å². The molecular weight excluding hydrogens is 583 g/mol. The number of hydrogen-bond donors (Lipinski definition) is 5. The molecule has 10 nitrogen and oxygen atoms in total. The van der Waals surface area contributed by atoms with E-state index < -0.39 is 24.3 Å². The van der Waals surface area contributed by atoms with E-state index in [-0.39, 0.29) is 47.8 Å². The van der Waals surface area contributed by atoms with Crippen LogP contribution < -0.4 is 27.0 Å². The van der Waals surface area contributed by atoms with E-state index in [2.05, 4.69) is 38.1 Å². The molecule has 0 radical (unpaired) electrons. The standard InChI is InChI=1S/C32H58ClFN8O2/c1-21-28(30(35)38-26(9-8-24(33)18-37-21)22-6-4-3-5-7-22)31(43)39-27-20-36-19-25(34)29(27)41-12-10-23(11-13-41)32(44)42-16-14-40(2)15-17-42/h21-30,36-38H,3-20,35H2,1-2H3,(H,39,43). The van der Waals surface area contributed by atoms with E-state index in [1.807, 2.05) is 11.8 Å². The SMILES string of the molecule is CC1NCC(Cl)CCC(C2CCCCC2)NC(N)C1C(=O)NC1CNCC(F)C1N1CCC(C(=O)N2CCN(C)CC2)CC1. The summed E-state index contributed by atoms with van der Waals surface area (Å²) in [6.45, 7) is 8.09. The maximum atomic E-state index is 15.6. The fourth-order valence-corrected chi connectivity index (χ4v) is 8.66. The number of carbonyl (C=O) groups excluding carboxylic acids is 2. The highest BCUT2D eigenvalue weighted by atomic mass is 35.5. The Morgan fingerprint density at radius 2 is 1.61 bits per heavy atom. The van der Waals surface area contributed by atoms with Gasteiger partial charge in [-0.05, 0) is 71.5 Å². The fraction of sp³-hybridized carbons (Fsp3) is 0.938. The molecule has 5 fully saturated rings. The molecule has 0 spiro atoms. The Morgan fingerprint density at radius 1 is 0.909 bits per heavy atom. The topological polar surface area (TPSA) is 118 Å². The first-order valence-electron chi connectivity index (χ1n) is 17.5. The summed E-state index contributed by atoms with van der Waals surface area (Å²) in [5.74, 6) is 0.106. The van der Waals surface area contributed by atoms with Crippen LogP contribution >= 0.6 is 11.6 Å². The number of nitrogens with two attached hydrogens (primary N) is 1. The molecule has 4 saturated heterocycles. The summed E-state index contributed by atoms with van der Waals surface area (Å²) in [7, 11) is 2.09. The smallest absolute Gasteiger partial charge is 0.227 e. The lowest BCUT2D eigenvalue weighted by Crippen LogP contribution is -2.68.